The molecule has 5 rings (SSSR count). The number of alkyl halides is 3. The van der Waals surface area contributed by atoms with Gasteiger partial charge in [-0.25, -0.2) is 18.0 Å². The average molecular weight is 574 g/mol. The van der Waals surface area contributed by atoms with Crippen LogP contribution in [0.3, 0.4) is 0 Å². The Morgan fingerprint density at radius 1 is 1.05 bits per heavy atom. The van der Waals surface area contributed by atoms with Gasteiger partial charge in [0, 0.05) is 47.8 Å². The lowest BCUT2D eigenvalue weighted by Gasteiger charge is -2.38. The van der Waals surface area contributed by atoms with E-state index in [4.69, 9.17) is 14.2 Å². The van der Waals surface area contributed by atoms with Crippen molar-refractivity contribution in [2.75, 3.05) is 33.4 Å². The third-order valence-electron chi connectivity index (χ3n) is 6.64. The summed E-state index contributed by atoms with van der Waals surface area (Å²) < 4.78 is 73.2. The highest BCUT2D eigenvalue weighted by molar-refractivity contribution is 7.22. The summed E-state index contributed by atoms with van der Waals surface area (Å²) in [4.78, 5) is 14.6. The fourth-order valence-electron chi connectivity index (χ4n) is 4.63. The number of rotatable bonds is 10. The second kappa shape index (κ2) is 11.5. The van der Waals surface area contributed by atoms with E-state index >= 15 is 0 Å². The molecule has 0 atom stereocenters. The van der Waals surface area contributed by atoms with Gasteiger partial charge >= 0.3 is 5.97 Å². The van der Waals surface area contributed by atoms with Gasteiger partial charge in [0.2, 0.25) is 0 Å². The summed E-state index contributed by atoms with van der Waals surface area (Å²) in [5.74, 6) is -3.23. The van der Waals surface area contributed by atoms with Crippen LogP contribution in [0.1, 0.15) is 29.3 Å². The molecule has 1 aliphatic rings. The number of carbonyl (C=O) groups excluding carboxylic acids is 1. The minimum atomic E-state index is -3.32. The summed E-state index contributed by atoms with van der Waals surface area (Å²) in [5, 5.41) is 0.602. The number of hydrogen-bond acceptors (Lipinski definition) is 6. The number of likely N-dealkylation sites (tertiary alicyclic amines) is 1. The van der Waals surface area contributed by atoms with E-state index in [-0.39, 0.29) is 18.3 Å². The van der Waals surface area contributed by atoms with Crippen LogP contribution in [0.25, 0.3) is 20.5 Å². The Kier molecular flexibility index (Phi) is 8.00. The Bertz CT molecular complexity index is 1510. The molecule has 0 bridgehead atoms. The quantitative estimate of drug-likeness (QED) is 0.143. The van der Waals surface area contributed by atoms with Gasteiger partial charge in [-0.2, -0.15) is 0 Å². The molecule has 3 aromatic carbocycles. The molecule has 1 aliphatic heterocycles. The molecule has 0 unspecified atom stereocenters. The normalized spacial score (nSPS) is 14.2. The lowest BCUT2D eigenvalue weighted by molar-refractivity contribution is 0.0177. The van der Waals surface area contributed by atoms with Crippen LogP contribution in [-0.2, 0) is 10.7 Å². The zero-order chi connectivity index (χ0) is 28.4. The fourth-order valence-corrected chi connectivity index (χ4v) is 5.84. The highest BCUT2D eigenvalue weighted by Gasteiger charge is 2.31. The molecule has 1 aromatic heterocycles. The monoisotopic (exact) mass is 573 g/mol. The predicted octanol–water partition coefficient (Wildman–Crippen LogP) is 7.82. The Hall–Kier alpha value is -3.63. The molecule has 5 nitrogen and oxygen atoms in total. The van der Waals surface area contributed by atoms with Crippen LogP contribution in [-0.4, -0.2) is 50.4 Å². The molecule has 10 heteroatoms. The summed E-state index contributed by atoms with van der Waals surface area (Å²) in [6, 6.07) is 15.1. The van der Waals surface area contributed by atoms with Crippen molar-refractivity contribution in [2.45, 2.75) is 25.4 Å². The van der Waals surface area contributed by atoms with E-state index in [0.29, 0.717) is 50.7 Å². The lowest BCUT2D eigenvalue weighted by atomic mass is 10.00. The van der Waals surface area contributed by atoms with Gasteiger partial charge in [0.1, 0.15) is 23.4 Å². The topological polar surface area (TPSA) is 48.0 Å². The number of hydrogen-bond donors (Lipinski definition) is 0. The predicted molar refractivity (Wildman–Crippen MR) is 146 cm³/mol. The Morgan fingerprint density at radius 3 is 2.45 bits per heavy atom. The van der Waals surface area contributed by atoms with E-state index in [1.54, 1.807) is 42.5 Å². The number of esters is 1. The molecule has 0 aliphatic carbocycles. The number of carbonyl (C=O) groups is 1. The van der Waals surface area contributed by atoms with Crippen molar-refractivity contribution >= 4 is 27.4 Å². The van der Waals surface area contributed by atoms with E-state index in [1.807, 2.05) is 0 Å². The number of fused-ring (bicyclic) bond motifs is 1. The largest absolute Gasteiger partial charge is 0.488 e. The van der Waals surface area contributed by atoms with Crippen LogP contribution in [0.15, 0.2) is 60.7 Å². The number of ether oxygens (including phenoxy) is 3. The van der Waals surface area contributed by atoms with Crippen molar-refractivity contribution in [3.8, 4) is 27.7 Å². The van der Waals surface area contributed by atoms with Crippen molar-refractivity contribution < 1.29 is 36.6 Å². The summed E-state index contributed by atoms with van der Waals surface area (Å²) in [5.41, 5.74) is -0.0378. The van der Waals surface area contributed by atoms with Gasteiger partial charge in [-0.05, 0) is 61.0 Å². The summed E-state index contributed by atoms with van der Waals surface area (Å²) in [7, 11) is 1.27. The van der Waals surface area contributed by atoms with Crippen molar-refractivity contribution in [1.29, 1.82) is 0 Å². The highest BCUT2D eigenvalue weighted by atomic mass is 32.1. The number of nitrogens with zero attached hydrogens (tertiary/aromatic N) is 1. The third-order valence-corrected chi connectivity index (χ3v) is 7.81. The zero-order valence-electron chi connectivity index (χ0n) is 21.9. The van der Waals surface area contributed by atoms with Crippen LogP contribution in [0.2, 0.25) is 0 Å². The van der Waals surface area contributed by atoms with Crippen molar-refractivity contribution in [1.82, 2.24) is 4.90 Å². The van der Waals surface area contributed by atoms with Crippen LogP contribution in [0.4, 0.5) is 17.6 Å². The first kappa shape index (κ1) is 27.9. The Morgan fingerprint density at radius 2 is 1.77 bits per heavy atom. The van der Waals surface area contributed by atoms with Crippen LogP contribution < -0.4 is 9.47 Å². The van der Waals surface area contributed by atoms with Crippen molar-refractivity contribution in [3.05, 3.63) is 77.6 Å². The first-order valence-corrected chi connectivity index (χ1v) is 13.5. The van der Waals surface area contributed by atoms with E-state index in [1.165, 1.54) is 13.2 Å². The maximum absolute atomic E-state index is 14.6. The van der Waals surface area contributed by atoms with Gasteiger partial charge in [0.15, 0.2) is 5.75 Å². The van der Waals surface area contributed by atoms with Crippen LogP contribution >= 0.6 is 11.3 Å². The third kappa shape index (κ3) is 5.93. The molecule has 0 spiro atoms. The minimum Gasteiger partial charge on any atom is -0.488 e. The second-order valence-corrected chi connectivity index (χ2v) is 10.7. The van der Waals surface area contributed by atoms with Crippen molar-refractivity contribution in [2.24, 2.45) is 0 Å². The zero-order valence-corrected chi connectivity index (χ0v) is 22.7. The molecule has 1 fully saturated rings. The number of halogens is 4. The first-order valence-electron chi connectivity index (χ1n) is 12.7. The SMILES string of the molecule is COC(=O)c1ccc2c(Oc3ccc(OC4CN(CCCF)C4)cc3)c(-c3ccc(F)cc3C(C)(F)F)sc2c1. The van der Waals surface area contributed by atoms with E-state index < -0.39 is 23.3 Å². The maximum Gasteiger partial charge on any atom is 0.337 e. The molecule has 0 amide bonds. The molecule has 40 heavy (non-hydrogen) atoms. The average Bonchev–Trinajstić information content (AvgIpc) is 3.27. The molecular weight excluding hydrogens is 546 g/mol. The van der Waals surface area contributed by atoms with E-state index in [2.05, 4.69) is 4.90 Å². The van der Waals surface area contributed by atoms with E-state index in [0.717, 1.165) is 43.5 Å². The highest BCUT2D eigenvalue weighted by Crippen LogP contribution is 2.49. The van der Waals surface area contributed by atoms with Gasteiger partial charge in [-0.1, -0.05) is 6.07 Å². The maximum atomic E-state index is 14.6. The fraction of sp³-hybridized carbons (Fsp3) is 0.300. The minimum absolute atomic E-state index is 0.0235. The molecule has 0 radical (unpaired) electrons. The smallest absolute Gasteiger partial charge is 0.337 e. The van der Waals surface area contributed by atoms with Gasteiger partial charge in [0.25, 0.3) is 5.92 Å². The molecule has 1 saturated heterocycles. The summed E-state index contributed by atoms with van der Waals surface area (Å²) in [6.45, 7) is 2.56. The molecule has 0 saturated carbocycles. The van der Waals surface area contributed by atoms with E-state index in [9.17, 15) is 22.4 Å². The molecule has 210 valence electrons. The Balaban J connectivity index is 1.47. The molecule has 2 heterocycles. The number of thiophene rings is 1. The lowest BCUT2D eigenvalue weighted by Crippen LogP contribution is -2.53. The van der Waals surface area contributed by atoms with Gasteiger partial charge in [0.05, 0.1) is 24.2 Å². The Labute approximate surface area is 232 Å². The molecule has 0 N–H and O–H groups in total. The van der Waals surface area contributed by atoms with Crippen LogP contribution in [0.5, 0.6) is 17.2 Å². The van der Waals surface area contributed by atoms with Gasteiger partial charge in [-0.3, -0.25) is 9.29 Å². The van der Waals surface area contributed by atoms with Gasteiger partial charge < -0.3 is 14.2 Å². The first-order chi connectivity index (χ1) is 19.2. The van der Waals surface area contributed by atoms with Crippen molar-refractivity contribution in [3.63, 3.8) is 0 Å². The standard InChI is InChI=1S/C30H27F4NO4S/c1-30(33,34)25-15-19(32)5-11-23(25)28-27(24-10-4-18(29(36)37-2)14-26(24)40-28)39-21-8-6-20(7-9-21)38-22-16-35(17-22)13-3-12-31/h4-11,14-15,22H,3,12-13,16-17H2,1-2H3. The second-order valence-electron chi connectivity index (χ2n) is 9.66. The summed E-state index contributed by atoms with van der Waals surface area (Å²) >= 11 is 1.16. The molecule has 4 aromatic rings. The summed E-state index contributed by atoms with van der Waals surface area (Å²) in [6.07, 6.45) is 0.535. The molecular formula is C30H27F4NO4S. The van der Waals surface area contributed by atoms with Crippen LogP contribution in [0, 0.1) is 5.82 Å². The van der Waals surface area contributed by atoms with Gasteiger partial charge in [-0.15, -0.1) is 11.3 Å². The number of benzene rings is 3. The number of methoxy groups -OCH3 is 1.